The number of aliphatic imine (C=N–C) groups is 1. The third-order valence-electron chi connectivity index (χ3n) is 3.00. The molecule has 19 heavy (non-hydrogen) atoms. The van der Waals surface area contributed by atoms with Crippen LogP contribution in [0.4, 0.5) is 0 Å². The quantitative estimate of drug-likeness (QED) is 0.670. The van der Waals surface area contributed by atoms with Crippen LogP contribution < -0.4 is 5.32 Å². The van der Waals surface area contributed by atoms with E-state index in [4.69, 9.17) is 11.6 Å². The highest BCUT2D eigenvalue weighted by Crippen LogP contribution is 2.14. The van der Waals surface area contributed by atoms with E-state index in [2.05, 4.69) is 28.4 Å². The monoisotopic (exact) mass is 302 g/mol. The maximum absolute atomic E-state index is 6.00. The van der Waals surface area contributed by atoms with E-state index in [1.807, 2.05) is 42.7 Å². The fraction of sp³-hybridized carbons (Fsp3) is 0.615. The first-order valence-corrected chi connectivity index (χ1v) is 7.89. The Morgan fingerprint density at radius 1 is 1.63 bits per heavy atom. The minimum Gasteiger partial charge on any atom is -0.355 e. The molecule has 0 fully saturated rings. The minimum absolute atomic E-state index is 0.564. The third-order valence-corrected chi connectivity index (χ3v) is 4.18. The van der Waals surface area contributed by atoms with Gasteiger partial charge in [-0.2, -0.15) is 11.8 Å². The van der Waals surface area contributed by atoms with E-state index in [1.54, 1.807) is 7.05 Å². The van der Waals surface area contributed by atoms with Crippen molar-refractivity contribution in [2.45, 2.75) is 18.7 Å². The van der Waals surface area contributed by atoms with Crippen LogP contribution in [0.1, 0.15) is 12.6 Å². The number of thioether (sulfide) groups is 1. The van der Waals surface area contributed by atoms with Crippen LogP contribution in [-0.4, -0.2) is 47.6 Å². The largest absolute Gasteiger partial charge is 0.355 e. The lowest BCUT2D eigenvalue weighted by molar-refractivity contribution is 0.462. The molecule has 1 heterocycles. The van der Waals surface area contributed by atoms with E-state index in [-0.39, 0.29) is 0 Å². The normalized spacial score (nSPS) is 13.5. The molecule has 6 heteroatoms. The van der Waals surface area contributed by atoms with Crippen LogP contribution in [0, 0.1) is 0 Å². The molecule has 0 radical (unpaired) electrons. The van der Waals surface area contributed by atoms with Gasteiger partial charge in [0.2, 0.25) is 0 Å². The molecular formula is C13H23ClN4S. The Bertz CT molecular complexity index is 430. The van der Waals surface area contributed by atoms with E-state index in [9.17, 15) is 0 Å². The van der Waals surface area contributed by atoms with Crippen molar-refractivity contribution in [3.8, 4) is 0 Å². The van der Waals surface area contributed by atoms with Crippen molar-refractivity contribution in [1.82, 2.24) is 14.8 Å². The molecule has 1 atom stereocenters. The van der Waals surface area contributed by atoms with Crippen molar-refractivity contribution in [3.63, 3.8) is 0 Å². The summed E-state index contributed by atoms with van der Waals surface area (Å²) in [6.45, 7) is 3.88. The van der Waals surface area contributed by atoms with Crippen molar-refractivity contribution in [3.05, 3.63) is 23.0 Å². The minimum atomic E-state index is 0.564. The van der Waals surface area contributed by atoms with Gasteiger partial charge < -0.3 is 14.8 Å². The first-order valence-electron chi connectivity index (χ1n) is 6.23. The van der Waals surface area contributed by atoms with Crippen molar-refractivity contribution in [2.75, 3.05) is 26.9 Å². The Morgan fingerprint density at radius 3 is 2.79 bits per heavy atom. The van der Waals surface area contributed by atoms with Crippen LogP contribution in [-0.2, 0) is 13.6 Å². The second-order valence-corrected chi connectivity index (χ2v) is 6.30. The lowest BCUT2D eigenvalue weighted by atomic mass is 10.4. The lowest BCUT2D eigenvalue weighted by Crippen LogP contribution is -2.41. The van der Waals surface area contributed by atoms with Crippen LogP contribution in [0.25, 0.3) is 0 Å². The summed E-state index contributed by atoms with van der Waals surface area (Å²) in [6.07, 6.45) is 4.03. The predicted molar refractivity (Wildman–Crippen MR) is 86.2 cm³/mol. The maximum Gasteiger partial charge on any atom is 0.193 e. The SMILES string of the molecule is CN=C(NCC(C)SC)N(C)Cc1cc(Cl)cn1C. The predicted octanol–water partition coefficient (Wildman–Crippen LogP) is 2.44. The summed E-state index contributed by atoms with van der Waals surface area (Å²) in [4.78, 5) is 6.40. The van der Waals surface area contributed by atoms with Gasteiger partial charge in [-0.1, -0.05) is 18.5 Å². The summed E-state index contributed by atoms with van der Waals surface area (Å²) < 4.78 is 2.04. The molecule has 1 aromatic rings. The zero-order valence-corrected chi connectivity index (χ0v) is 13.8. The first kappa shape index (κ1) is 16.2. The van der Waals surface area contributed by atoms with Gasteiger partial charge in [0.1, 0.15) is 0 Å². The molecule has 0 aliphatic carbocycles. The van der Waals surface area contributed by atoms with E-state index >= 15 is 0 Å². The average Bonchev–Trinajstić information content (AvgIpc) is 2.68. The van der Waals surface area contributed by atoms with Gasteiger partial charge in [0, 0.05) is 44.8 Å². The van der Waals surface area contributed by atoms with Crippen LogP contribution in [0.2, 0.25) is 5.02 Å². The average molecular weight is 303 g/mol. The van der Waals surface area contributed by atoms with Crippen LogP contribution in [0.3, 0.4) is 0 Å². The number of guanidine groups is 1. The van der Waals surface area contributed by atoms with Gasteiger partial charge in [0.15, 0.2) is 5.96 Å². The number of nitrogens with zero attached hydrogens (tertiary/aromatic N) is 3. The summed E-state index contributed by atoms with van der Waals surface area (Å²) >= 11 is 7.84. The molecule has 108 valence electrons. The number of nitrogens with one attached hydrogen (secondary N) is 1. The number of hydrogen-bond acceptors (Lipinski definition) is 2. The highest BCUT2D eigenvalue weighted by atomic mass is 35.5. The summed E-state index contributed by atoms with van der Waals surface area (Å²) in [5.41, 5.74) is 1.16. The number of aryl methyl sites for hydroxylation is 1. The van der Waals surface area contributed by atoms with Crippen LogP contribution >= 0.6 is 23.4 Å². The lowest BCUT2D eigenvalue weighted by Gasteiger charge is -2.23. The Balaban J connectivity index is 2.59. The molecule has 1 unspecified atom stereocenters. The number of halogens is 1. The Morgan fingerprint density at radius 2 is 2.32 bits per heavy atom. The van der Waals surface area contributed by atoms with Gasteiger partial charge in [-0.25, -0.2) is 0 Å². The van der Waals surface area contributed by atoms with Gasteiger partial charge in [-0.15, -0.1) is 0 Å². The first-order chi connectivity index (χ1) is 8.97. The fourth-order valence-electron chi connectivity index (χ4n) is 1.74. The smallest absolute Gasteiger partial charge is 0.193 e. The maximum atomic E-state index is 6.00. The molecule has 0 amide bonds. The Labute approximate surface area is 125 Å². The Kier molecular flexibility index (Phi) is 6.58. The topological polar surface area (TPSA) is 32.6 Å². The number of rotatable bonds is 5. The number of hydrogen-bond donors (Lipinski definition) is 1. The van der Waals surface area contributed by atoms with Crippen molar-refractivity contribution < 1.29 is 0 Å². The summed E-state index contributed by atoms with van der Waals surface area (Å²) in [7, 11) is 5.83. The van der Waals surface area contributed by atoms with E-state index in [1.165, 1.54) is 0 Å². The fourth-order valence-corrected chi connectivity index (χ4v) is 2.27. The van der Waals surface area contributed by atoms with E-state index in [0.717, 1.165) is 29.8 Å². The van der Waals surface area contributed by atoms with E-state index < -0.39 is 0 Å². The summed E-state index contributed by atoms with van der Waals surface area (Å²) in [6, 6.07) is 1.98. The summed E-state index contributed by atoms with van der Waals surface area (Å²) in [5, 5.41) is 4.71. The van der Waals surface area contributed by atoms with E-state index in [0.29, 0.717) is 5.25 Å². The summed E-state index contributed by atoms with van der Waals surface area (Å²) in [5.74, 6) is 0.901. The van der Waals surface area contributed by atoms with Crippen LogP contribution in [0.15, 0.2) is 17.3 Å². The molecule has 1 N–H and O–H groups in total. The van der Waals surface area contributed by atoms with Crippen molar-refractivity contribution in [1.29, 1.82) is 0 Å². The number of aromatic nitrogens is 1. The second kappa shape index (κ2) is 7.70. The zero-order valence-electron chi connectivity index (χ0n) is 12.3. The molecule has 0 saturated carbocycles. The van der Waals surface area contributed by atoms with Crippen LogP contribution in [0.5, 0.6) is 0 Å². The standard InChI is InChI=1S/C13H23ClN4S/c1-10(19-5)7-16-13(15-2)18(4)9-12-6-11(14)8-17(12)3/h6,8,10H,7,9H2,1-5H3,(H,15,16). The molecule has 0 saturated heterocycles. The highest BCUT2D eigenvalue weighted by molar-refractivity contribution is 7.99. The highest BCUT2D eigenvalue weighted by Gasteiger charge is 2.10. The van der Waals surface area contributed by atoms with Crippen molar-refractivity contribution in [2.24, 2.45) is 12.0 Å². The molecule has 1 aromatic heterocycles. The third kappa shape index (κ3) is 4.99. The van der Waals surface area contributed by atoms with Gasteiger partial charge in [-0.05, 0) is 12.3 Å². The molecule has 0 spiro atoms. The van der Waals surface area contributed by atoms with Gasteiger partial charge in [-0.3, -0.25) is 4.99 Å². The zero-order chi connectivity index (χ0) is 14.4. The molecule has 0 aliphatic rings. The molecule has 0 aliphatic heterocycles. The molecular weight excluding hydrogens is 280 g/mol. The molecule has 4 nitrogen and oxygen atoms in total. The van der Waals surface area contributed by atoms with Crippen molar-refractivity contribution >= 4 is 29.3 Å². The second-order valence-electron chi connectivity index (χ2n) is 4.59. The molecule has 0 bridgehead atoms. The Hall–Kier alpha value is -0.810. The molecule has 0 aromatic carbocycles. The van der Waals surface area contributed by atoms with Gasteiger partial charge in [0.25, 0.3) is 0 Å². The van der Waals surface area contributed by atoms with Gasteiger partial charge in [0.05, 0.1) is 11.6 Å². The van der Waals surface area contributed by atoms with Gasteiger partial charge >= 0.3 is 0 Å². The molecule has 1 rings (SSSR count).